The molecule has 3 aromatic rings. The maximum absolute atomic E-state index is 14.9. The van der Waals surface area contributed by atoms with E-state index in [1.54, 1.807) is 6.20 Å². The highest BCUT2D eigenvalue weighted by molar-refractivity contribution is 6.36. The number of amides is 3. The van der Waals surface area contributed by atoms with Crippen LogP contribution in [0.15, 0.2) is 18.3 Å². The molecule has 3 amide bonds. The van der Waals surface area contributed by atoms with Gasteiger partial charge in [-0.1, -0.05) is 23.2 Å². The van der Waals surface area contributed by atoms with Crippen LogP contribution in [0, 0.1) is 11.7 Å². The van der Waals surface area contributed by atoms with Gasteiger partial charge in [0, 0.05) is 41.9 Å². The van der Waals surface area contributed by atoms with Gasteiger partial charge in [-0.25, -0.2) is 14.4 Å². The van der Waals surface area contributed by atoms with Gasteiger partial charge < -0.3 is 16.4 Å². The number of nitrogens with two attached hydrogens (primary N) is 1. The Morgan fingerprint density at radius 2 is 1.62 bits per heavy atom. The van der Waals surface area contributed by atoms with Gasteiger partial charge in [0.1, 0.15) is 11.3 Å². The minimum absolute atomic E-state index is 0.0430. The van der Waals surface area contributed by atoms with Gasteiger partial charge in [0.15, 0.2) is 5.65 Å². The van der Waals surface area contributed by atoms with Gasteiger partial charge in [-0.3, -0.25) is 23.9 Å². The predicted octanol–water partition coefficient (Wildman–Crippen LogP) is 5.10. The van der Waals surface area contributed by atoms with Crippen LogP contribution in [0.25, 0.3) is 11.2 Å². The Morgan fingerprint density at radius 3 is 2.26 bits per heavy atom. The van der Waals surface area contributed by atoms with Gasteiger partial charge in [-0.2, -0.15) is 4.98 Å². The Morgan fingerprint density at radius 1 is 0.952 bits per heavy atom. The average molecular weight is 618 g/mol. The number of rotatable bonds is 7. The summed E-state index contributed by atoms with van der Waals surface area (Å²) in [6.45, 7) is 0. The molecule has 1 aromatic carbocycles. The first kappa shape index (κ1) is 28.6. The van der Waals surface area contributed by atoms with E-state index in [1.807, 2.05) is 4.57 Å². The largest absolute Gasteiger partial charge is 0.369 e. The maximum Gasteiger partial charge on any atom is 0.229 e. The average Bonchev–Trinajstić information content (AvgIpc) is 3.49. The minimum Gasteiger partial charge on any atom is -0.369 e. The molecule has 3 fully saturated rings. The number of carbonyl (C=O) groups is 3. The Kier molecular flexibility index (Phi) is 7.93. The molecule has 0 radical (unpaired) electrons. The van der Waals surface area contributed by atoms with Crippen LogP contribution in [0.3, 0.4) is 0 Å². The number of halogens is 3. The molecule has 4 N–H and O–H groups in total. The Bertz CT molecular complexity index is 1510. The van der Waals surface area contributed by atoms with Crippen LogP contribution in [0.4, 0.5) is 22.0 Å². The maximum atomic E-state index is 14.9. The van der Waals surface area contributed by atoms with Crippen molar-refractivity contribution in [2.75, 3.05) is 10.6 Å². The predicted molar refractivity (Wildman–Crippen MR) is 156 cm³/mol. The monoisotopic (exact) mass is 616 g/mol. The van der Waals surface area contributed by atoms with Gasteiger partial charge in [0.25, 0.3) is 0 Å². The number of carbonyl (C=O) groups excluding carboxylic acids is 3. The van der Waals surface area contributed by atoms with Crippen molar-refractivity contribution in [2.24, 2.45) is 11.7 Å². The fraction of sp³-hybridized carbons (Fsp3) is 0.500. The molecule has 0 bridgehead atoms. The number of fused-ring (bicyclic) bond motifs is 1. The summed E-state index contributed by atoms with van der Waals surface area (Å²) in [6, 6.07) is 2.57. The van der Waals surface area contributed by atoms with Crippen molar-refractivity contribution < 1.29 is 18.8 Å². The standard InChI is InChI=1S/C28H31Cl2FN8O3/c29-15-11-19(30)24(20(31)12-15)36-28-35-21-13-33-27(37-26(21)39(28)18-5-1-14(2-6-18)25(32)42)34-16-3-7-17(8-4-16)38-22(40)9-10-23(38)41/h11-14,16-18H,1-10H2,(H2,32,42)(H,35,36)(H,33,34,37)/t14-,16?,17?,18-. The van der Waals surface area contributed by atoms with Crippen molar-refractivity contribution in [1.29, 1.82) is 0 Å². The summed E-state index contributed by atoms with van der Waals surface area (Å²) < 4.78 is 16.8. The lowest BCUT2D eigenvalue weighted by Gasteiger charge is -2.33. The van der Waals surface area contributed by atoms with Crippen LogP contribution in [0.2, 0.25) is 10.0 Å². The molecule has 0 atom stereocenters. The Balaban J connectivity index is 1.26. The molecule has 2 aliphatic carbocycles. The quantitative estimate of drug-likeness (QED) is 0.310. The number of hydrogen-bond donors (Lipinski definition) is 3. The first-order chi connectivity index (χ1) is 20.2. The molecule has 222 valence electrons. The number of benzene rings is 1. The molecule has 14 heteroatoms. The number of aromatic nitrogens is 4. The summed E-state index contributed by atoms with van der Waals surface area (Å²) in [5, 5.41) is 6.74. The number of imide groups is 1. The van der Waals surface area contributed by atoms with Gasteiger partial charge >= 0.3 is 0 Å². The number of likely N-dealkylation sites (tertiary alicyclic amines) is 1. The summed E-state index contributed by atoms with van der Waals surface area (Å²) >= 11 is 12.3. The van der Waals surface area contributed by atoms with E-state index in [1.165, 1.54) is 17.0 Å². The topological polar surface area (TPSA) is 148 Å². The molecule has 6 rings (SSSR count). The van der Waals surface area contributed by atoms with E-state index in [9.17, 15) is 18.8 Å². The van der Waals surface area contributed by atoms with Crippen molar-refractivity contribution in [2.45, 2.75) is 82.3 Å². The highest BCUT2D eigenvalue weighted by Crippen LogP contribution is 2.39. The summed E-state index contributed by atoms with van der Waals surface area (Å²) in [5.74, 6) is -0.496. The van der Waals surface area contributed by atoms with Gasteiger partial charge in [-0.15, -0.1) is 0 Å². The third-order valence-electron chi connectivity index (χ3n) is 8.63. The highest BCUT2D eigenvalue weighted by atomic mass is 35.5. The normalized spacial score (nSPS) is 24.8. The van der Waals surface area contributed by atoms with Crippen LogP contribution >= 0.6 is 23.2 Å². The zero-order chi connectivity index (χ0) is 29.5. The van der Waals surface area contributed by atoms with E-state index in [-0.39, 0.29) is 57.5 Å². The fourth-order valence-corrected chi connectivity index (χ4v) is 6.96. The molecular weight excluding hydrogens is 586 g/mol. The van der Waals surface area contributed by atoms with Crippen molar-refractivity contribution in [1.82, 2.24) is 24.4 Å². The number of nitrogens with one attached hydrogen (secondary N) is 2. The number of imidazole rings is 1. The first-order valence-electron chi connectivity index (χ1n) is 14.2. The van der Waals surface area contributed by atoms with Crippen LogP contribution in [0.1, 0.15) is 70.3 Å². The second-order valence-corrected chi connectivity index (χ2v) is 12.1. The molecule has 3 aliphatic rings. The lowest BCUT2D eigenvalue weighted by Crippen LogP contribution is -2.43. The molecule has 1 aliphatic heterocycles. The summed E-state index contributed by atoms with van der Waals surface area (Å²) in [5.41, 5.74) is 6.68. The third kappa shape index (κ3) is 5.61. The van der Waals surface area contributed by atoms with Crippen LogP contribution in [0.5, 0.6) is 0 Å². The molecule has 2 saturated carbocycles. The van der Waals surface area contributed by atoms with E-state index in [0.29, 0.717) is 61.6 Å². The zero-order valence-corrected chi connectivity index (χ0v) is 24.3. The summed E-state index contributed by atoms with van der Waals surface area (Å²) in [4.78, 5) is 51.6. The van der Waals surface area contributed by atoms with Gasteiger partial charge in [-0.05, 0) is 63.5 Å². The van der Waals surface area contributed by atoms with Crippen LogP contribution in [-0.2, 0) is 14.4 Å². The SMILES string of the molecule is NC(=O)[C@H]1CC[C@H](n2c(Nc3c(F)cc(Cl)cc3Cl)nc3cnc(NC4CCC(N5C(=O)CCC5=O)CC4)nc32)CC1. The molecule has 42 heavy (non-hydrogen) atoms. The minimum atomic E-state index is -0.620. The molecule has 0 spiro atoms. The molecule has 3 heterocycles. The molecular formula is C28H31Cl2FN8O3. The van der Waals surface area contributed by atoms with E-state index in [4.69, 9.17) is 33.9 Å². The molecule has 0 unspecified atom stereocenters. The number of hydrogen-bond acceptors (Lipinski definition) is 8. The summed E-state index contributed by atoms with van der Waals surface area (Å²) in [6.07, 6.45) is 7.76. The Labute approximate surface area is 251 Å². The smallest absolute Gasteiger partial charge is 0.229 e. The second-order valence-electron chi connectivity index (χ2n) is 11.3. The van der Waals surface area contributed by atoms with Gasteiger partial charge in [0.05, 0.1) is 16.9 Å². The third-order valence-corrected chi connectivity index (χ3v) is 9.14. The molecule has 11 nitrogen and oxygen atoms in total. The van der Waals surface area contributed by atoms with E-state index >= 15 is 0 Å². The number of nitrogens with zero attached hydrogens (tertiary/aromatic N) is 5. The van der Waals surface area contributed by atoms with Gasteiger partial charge in [0.2, 0.25) is 29.6 Å². The van der Waals surface area contributed by atoms with E-state index in [2.05, 4.69) is 20.6 Å². The first-order valence-corrected chi connectivity index (χ1v) is 15.0. The zero-order valence-electron chi connectivity index (χ0n) is 22.8. The number of primary amides is 1. The lowest BCUT2D eigenvalue weighted by atomic mass is 9.85. The molecule has 1 saturated heterocycles. The summed E-state index contributed by atoms with van der Waals surface area (Å²) in [7, 11) is 0. The molecule has 2 aromatic heterocycles. The highest BCUT2D eigenvalue weighted by Gasteiger charge is 2.37. The van der Waals surface area contributed by atoms with Crippen molar-refractivity contribution in [3.8, 4) is 0 Å². The lowest BCUT2D eigenvalue weighted by molar-refractivity contribution is -0.141. The van der Waals surface area contributed by atoms with Crippen molar-refractivity contribution in [3.05, 3.63) is 34.2 Å². The van der Waals surface area contributed by atoms with Crippen molar-refractivity contribution in [3.63, 3.8) is 0 Å². The van der Waals surface area contributed by atoms with Crippen molar-refractivity contribution >= 4 is 69.7 Å². The van der Waals surface area contributed by atoms with E-state index < -0.39 is 5.82 Å². The van der Waals surface area contributed by atoms with Crippen LogP contribution in [-0.4, -0.2) is 54.2 Å². The second kappa shape index (κ2) is 11.6. The van der Waals surface area contributed by atoms with Crippen LogP contribution < -0.4 is 16.4 Å². The fourth-order valence-electron chi connectivity index (χ4n) is 6.45. The Hall–Kier alpha value is -3.51. The number of anilines is 3. The van der Waals surface area contributed by atoms with E-state index in [0.717, 1.165) is 25.7 Å².